The summed E-state index contributed by atoms with van der Waals surface area (Å²) in [4.78, 5) is 14.5. The van der Waals surface area contributed by atoms with E-state index in [9.17, 15) is 10.1 Å². The average Bonchev–Trinajstić information content (AvgIpc) is 2.88. The quantitative estimate of drug-likeness (QED) is 0.623. The van der Waals surface area contributed by atoms with E-state index in [2.05, 4.69) is 10.3 Å². The number of aryl methyl sites for hydroxylation is 1. The van der Waals surface area contributed by atoms with Gasteiger partial charge in [0, 0.05) is 31.3 Å². The van der Waals surface area contributed by atoms with Crippen LogP contribution in [0.15, 0.2) is 30.7 Å². The number of hydrogen-bond donors (Lipinski definition) is 1. The predicted octanol–water partition coefficient (Wildman–Crippen LogP) is 2.02. The molecule has 0 radical (unpaired) electrons. The van der Waals surface area contributed by atoms with Gasteiger partial charge >= 0.3 is 0 Å². The zero-order chi connectivity index (χ0) is 15.2. The third kappa shape index (κ3) is 3.79. The first-order chi connectivity index (χ1) is 10.1. The largest absolute Gasteiger partial charge is 0.487 e. The zero-order valence-electron chi connectivity index (χ0n) is 12.1. The van der Waals surface area contributed by atoms with Gasteiger partial charge in [0.05, 0.1) is 23.1 Å². The second-order valence-corrected chi connectivity index (χ2v) is 4.61. The zero-order valence-corrected chi connectivity index (χ0v) is 12.1. The van der Waals surface area contributed by atoms with E-state index in [-0.39, 0.29) is 5.69 Å². The molecular weight excluding hydrogens is 272 g/mol. The molecule has 0 amide bonds. The third-order valence-corrected chi connectivity index (χ3v) is 3.11. The van der Waals surface area contributed by atoms with E-state index in [1.807, 2.05) is 18.5 Å². The van der Waals surface area contributed by atoms with E-state index in [0.29, 0.717) is 18.9 Å². The molecule has 1 aromatic heterocycles. The van der Waals surface area contributed by atoms with Crippen LogP contribution < -0.4 is 10.1 Å². The molecule has 0 unspecified atom stereocenters. The first-order valence-electron chi connectivity index (χ1n) is 6.68. The first-order valence-corrected chi connectivity index (χ1v) is 6.68. The number of ether oxygens (including phenoxy) is 1. The number of non-ortho nitro benzene ring substituents is 1. The smallest absolute Gasteiger partial charge is 0.270 e. The summed E-state index contributed by atoms with van der Waals surface area (Å²) in [5, 5.41) is 14.0. The average molecular weight is 290 g/mol. The molecule has 0 atom stereocenters. The topological polar surface area (TPSA) is 82.2 Å². The molecule has 7 heteroatoms. The fourth-order valence-corrected chi connectivity index (χ4v) is 1.89. The van der Waals surface area contributed by atoms with Crippen molar-refractivity contribution in [3.8, 4) is 5.75 Å². The lowest BCUT2D eigenvalue weighted by Gasteiger charge is -2.12. The Hall–Kier alpha value is -2.41. The summed E-state index contributed by atoms with van der Waals surface area (Å²) < 4.78 is 7.64. The fourth-order valence-electron chi connectivity index (χ4n) is 1.89. The number of aromatic nitrogens is 2. The maximum atomic E-state index is 10.9. The Morgan fingerprint density at radius 2 is 2.29 bits per heavy atom. The van der Waals surface area contributed by atoms with Crippen molar-refractivity contribution in [1.29, 1.82) is 0 Å². The second kappa shape index (κ2) is 6.85. The molecule has 0 bridgehead atoms. The molecule has 0 saturated carbocycles. The molecule has 7 nitrogen and oxygen atoms in total. The summed E-state index contributed by atoms with van der Waals surface area (Å²) in [7, 11) is 1.89. The van der Waals surface area contributed by atoms with Crippen LogP contribution in [0.2, 0.25) is 0 Å². The van der Waals surface area contributed by atoms with Gasteiger partial charge in [0.15, 0.2) is 0 Å². The molecule has 112 valence electrons. The minimum absolute atomic E-state index is 0.0655. The number of nitrogens with zero attached hydrogens (tertiary/aromatic N) is 3. The number of nitro groups is 1. The van der Waals surface area contributed by atoms with Gasteiger partial charge in [-0.25, -0.2) is 4.98 Å². The third-order valence-electron chi connectivity index (χ3n) is 3.11. The Kier molecular flexibility index (Phi) is 4.89. The van der Waals surface area contributed by atoms with Crippen LogP contribution >= 0.6 is 0 Å². The predicted molar refractivity (Wildman–Crippen MR) is 78.0 cm³/mol. The van der Waals surface area contributed by atoms with Crippen molar-refractivity contribution < 1.29 is 9.66 Å². The van der Waals surface area contributed by atoms with Crippen LogP contribution in [-0.4, -0.2) is 21.0 Å². The van der Waals surface area contributed by atoms with E-state index < -0.39 is 4.92 Å². The summed E-state index contributed by atoms with van der Waals surface area (Å²) in [6.07, 6.45) is 3.43. The molecule has 0 aliphatic rings. The lowest BCUT2D eigenvalue weighted by Crippen LogP contribution is -2.13. The maximum absolute atomic E-state index is 10.9. The summed E-state index contributed by atoms with van der Waals surface area (Å²) in [5.74, 6) is 0.641. The number of rotatable bonds is 7. The van der Waals surface area contributed by atoms with E-state index in [1.54, 1.807) is 24.7 Å². The van der Waals surface area contributed by atoms with Gasteiger partial charge in [-0.05, 0) is 12.6 Å². The standard InChI is InChI=1S/C14H18N4O3/c1-3-15-7-11-6-12(18(19)20)4-5-14(11)21-9-13-8-16-10-17(13)2/h4-6,8,10,15H,3,7,9H2,1-2H3. The molecule has 1 heterocycles. The highest BCUT2D eigenvalue weighted by atomic mass is 16.6. The Morgan fingerprint density at radius 3 is 2.90 bits per heavy atom. The van der Waals surface area contributed by atoms with Crippen LogP contribution in [0.3, 0.4) is 0 Å². The van der Waals surface area contributed by atoms with Crippen molar-refractivity contribution in [3.63, 3.8) is 0 Å². The van der Waals surface area contributed by atoms with E-state index in [1.165, 1.54) is 6.07 Å². The van der Waals surface area contributed by atoms with Crippen molar-refractivity contribution in [2.75, 3.05) is 6.54 Å². The molecule has 2 rings (SSSR count). The lowest BCUT2D eigenvalue weighted by atomic mass is 10.1. The Balaban J connectivity index is 2.16. The van der Waals surface area contributed by atoms with Gasteiger partial charge in [0.2, 0.25) is 0 Å². The molecule has 2 aromatic rings. The Bertz CT molecular complexity index is 624. The van der Waals surface area contributed by atoms with Crippen LogP contribution in [0.4, 0.5) is 5.69 Å². The first kappa shape index (κ1) is 15.0. The SMILES string of the molecule is CCNCc1cc([N+](=O)[O-])ccc1OCc1cncn1C. The molecule has 0 spiro atoms. The number of imidazole rings is 1. The van der Waals surface area contributed by atoms with Gasteiger partial charge in [-0.2, -0.15) is 0 Å². The van der Waals surface area contributed by atoms with Gasteiger partial charge in [-0.15, -0.1) is 0 Å². The van der Waals surface area contributed by atoms with E-state index >= 15 is 0 Å². The molecule has 0 saturated heterocycles. The summed E-state index contributed by atoms with van der Waals surface area (Å²) in [6.45, 7) is 3.66. The lowest BCUT2D eigenvalue weighted by molar-refractivity contribution is -0.384. The number of nitrogens with one attached hydrogen (secondary N) is 1. The monoisotopic (exact) mass is 290 g/mol. The van der Waals surface area contributed by atoms with Gasteiger partial charge in [-0.3, -0.25) is 10.1 Å². The number of nitro benzene ring substituents is 1. The van der Waals surface area contributed by atoms with Crippen molar-refractivity contribution in [3.05, 3.63) is 52.1 Å². The summed E-state index contributed by atoms with van der Waals surface area (Å²) in [5.41, 5.74) is 1.77. The summed E-state index contributed by atoms with van der Waals surface area (Å²) in [6, 6.07) is 4.64. The Labute approximate surface area is 122 Å². The molecular formula is C14H18N4O3. The highest BCUT2D eigenvalue weighted by Crippen LogP contribution is 2.25. The molecule has 1 aromatic carbocycles. The van der Waals surface area contributed by atoms with Crippen LogP contribution in [0.1, 0.15) is 18.2 Å². The summed E-state index contributed by atoms with van der Waals surface area (Å²) >= 11 is 0. The number of benzene rings is 1. The minimum Gasteiger partial charge on any atom is -0.487 e. The van der Waals surface area contributed by atoms with Crippen molar-refractivity contribution in [2.45, 2.75) is 20.1 Å². The molecule has 0 aliphatic heterocycles. The van der Waals surface area contributed by atoms with Gasteiger partial charge in [-0.1, -0.05) is 6.92 Å². The van der Waals surface area contributed by atoms with Gasteiger partial charge < -0.3 is 14.6 Å². The maximum Gasteiger partial charge on any atom is 0.270 e. The minimum atomic E-state index is -0.402. The molecule has 0 fully saturated rings. The molecule has 21 heavy (non-hydrogen) atoms. The van der Waals surface area contributed by atoms with Crippen LogP contribution in [0.25, 0.3) is 0 Å². The van der Waals surface area contributed by atoms with Gasteiger partial charge in [0.25, 0.3) is 5.69 Å². The highest BCUT2D eigenvalue weighted by molar-refractivity contribution is 5.43. The van der Waals surface area contributed by atoms with Crippen LogP contribution in [-0.2, 0) is 20.2 Å². The van der Waals surface area contributed by atoms with Crippen molar-refractivity contribution in [2.24, 2.45) is 7.05 Å². The van der Waals surface area contributed by atoms with Crippen molar-refractivity contribution >= 4 is 5.69 Å². The normalized spacial score (nSPS) is 10.6. The molecule has 1 N–H and O–H groups in total. The second-order valence-electron chi connectivity index (χ2n) is 4.61. The van der Waals surface area contributed by atoms with Crippen LogP contribution in [0, 0.1) is 10.1 Å². The Morgan fingerprint density at radius 1 is 1.48 bits per heavy atom. The van der Waals surface area contributed by atoms with Crippen molar-refractivity contribution in [1.82, 2.24) is 14.9 Å². The highest BCUT2D eigenvalue weighted by Gasteiger charge is 2.12. The molecule has 0 aliphatic carbocycles. The fraction of sp³-hybridized carbons (Fsp3) is 0.357. The van der Waals surface area contributed by atoms with E-state index in [4.69, 9.17) is 4.74 Å². The number of hydrogen-bond acceptors (Lipinski definition) is 5. The van der Waals surface area contributed by atoms with Gasteiger partial charge in [0.1, 0.15) is 12.4 Å². The van der Waals surface area contributed by atoms with E-state index in [0.717, 1.165) is 17.8 Å². The van der Waals surface area contributed by atoms with Crippen LogP contribution in [0.5, 0.6) is 5.75 Å².